The highest BCUT2D eigenvalue weighted by molar-refractivity contribution is 5.10. The van der Waals surface area contributed by atoms with Gasteiger partial charge in [-0.1, -0.05) is 53.9 Å². The van der Waals surface area contributed by atoms with Crippen LogP contribution in [0, 0.1) is 52.3 Å². The summed E-state index contributed by atoms with van der Waals surface area (Å²) in [4.78, 5) is 0. The molecule has 0 amide bonds. The zero-order valence-corrected chi connectivity index (χ0v) is 19.9. The Labute approximate surface area is 180 Å². The molecule has 0 aromatic rings. The molecule has 4 fully saturated rings. The molecular formula is C27H48O2. The maximum atomic E-state index is 10.5. The van der Waals surface area contributed by atoms with Crippen molar-refractivity contribution in [3.05, 3.63) is 0 Å². The van der Waals surface area contributed by atoms with E-state index in [0.29, 0.717) is 11.3 Å². The largest absolute Gasteiger partial charge is 0.390 e. The lowest BCUT2D eigenvalue weighted by molar-refractivity contribution is -0.160. The van der Waals surface area contributed by atoms with Gasteiger partial charge in [-0.15, -0.1) is 0 Å². The van der Waals surface area contributed by atoms with Crippen LogP contribution in [0.2, 0.25) is 0 Å². The Morgan fingerprint density at radius 2 is 1.55 bits per heavy atom. The third-order valence-corrected chi connectivity index (χ3v) is 10.9. The summed E-state index contributed by atoms with van der Waals surface area (Å²) >= 11 is 0. The van der Waals surface area contributed by atoms with Gasteiger partial charge in [0.05, 0.1) is 12.2 Å². The molecule has 2 nitrogen and oxygen atoms in total. The molecular weight excluding hydrogens is 356 g/mol. The van der Waals surface area contributed by atoms with Crippen molar-refractivity contribution in [3.8, 4) is 0 Å². The van der Waals surface area contributed by atoms with Crippen molar-refractivity contribution < 1.29 is 10.2 Å². The van der Waals surface area contributed by atoms with Crippen LogP contribution >= 0.6 is 0 Å². The van der Waals surface area contributed by atoms with Gasteiger partial charge in [-0.2, -0.15) is 0 Å². The lowest BCUT2D eigenvalue weighted by Gasteiger charge is -2.61. The molecule has 168 valence electrons. The van der Waals surface area contributed by atoms with Gasteiger partial charge >= 0.3 is 0 Å². The van der Waals surface area contributed by atoms with E-state index in [0.717, 1.165) is 48.3 Å². The lowest BCUT2D eigenvalue weighted by atomic mass is 9.44. The van der Waals surface area contributed by atoms with E-state index in [1.807, 2.05) is 0 Å². The van der Waals surface area contributed by atoms with Crippen LogP contribution in [0.3, 0.4) is 0 Å². The molecule has 0 spiro atoms. The highest BCUT2D eigenvalue weighted by Gasteiger charge is 2.61. The van der Waals surface area contributed by atoms with Crippen LogP contribution in [-0.4, -0.2) is 22.4 Å². The van der Waals surface area contributed by atoms with Gasteiger partial charge < -0.3 is 10.2 Å². The van der Waals surface area contributed by atoms with E-state index in [1.165, 1.54) is 57.8 Å². The number of fused-ring (bicyclic) bond motifs is 5. The standard InChI is InChI=1S/C27H48O2/c1-17(2)7-6-8-18(3)21-11-12-22-20-10-9-19-15-24(28)25(29)16-27(19,5)23(20)13-14-26(21,22)4/h17-25,28-29H,6-16H2,1-5H3/t18-,19-,20+,21-,22+,23+,24-,25+,26-,27+/m1/s1. The summed E-state index contributed by atoms with van der Waals surface area (Å²) in [5, 5.41) is 20.8. The van der Waals surface area contributed by atoms with E-state index < -0.39 is 12.2 Å². The Morgan fingerprint density at radius 3 is 2.28 bits per heavy atom. The number of rotatable bonds is 5. The maximum absolute atomic E-state index is 10.5. The van der Waals surface area contributed by atoms with Gasteiger partial charge in [0.25, 0.3) is 0 Å². The molecule has 29 heavy (non-hydrogen) atoms. The van der Waals surface area contributed by atoms with E-state index >= 15 is 0 Å². The van der Waals surface area contributed by atoms with Gasteiger partial charge in [0.2, 0.25) is 0 Å². The molecule has 4 saturated carbocycles. The van der Waals surface area contributed by atoms with Crippen molar-refractivity contribution in [2.75, 3.05) is 0 Å². The minimum atomic E-state index is -0.499. The van der Waals surface area contributed by atoms with Gasteiger partial charge in [-0.25, -0.2) is 0 Å². The van der Waals surface area contributed by atoms with Crippen molar-refractivity contribution in [1.29, 1.82) is 0 Å². The molecule has 4 aliphatic carbocycles. The van der Waals surface area contributed by atoms with Crippen LogP contribution in [0.25, 0.3) is 0 Å². The first-order chi connectivity index (χ1) is 13.7. The van der Waals surface area contributed by atoms with Gasteiger partial charge in [-0.05, 0) is 104 Å². The molecule has 0 aliphatic heterocycles. The summed E-state index contributed by atoms with van der Waals surface area (Å²) in [6.07, 6.45) is 13.2. The number of hydrogen-bond acceptors (Lipinski definition) is 2. The van der Waals surface area contributed by atoms with E-state index in [-0.39, 0.29) is 5.41 Å². The summed E-state index contributed by atoms with van der Waals surface area (Å²) in [5.74, 6) is 5.80. The third-order valence-electron chi connectivity index (χ3n) is 10.9. The molecule has 10 atom stereocenters. The number of hydrogen-bond donors (Lipinski definition) is 2. The second kappa shape index (κ2) is 8.12. The molecule has 0 unspecified atom stereocenters. The normalized spacial score (nSPS) is 50.7. The maximum Gasteiger partial charge on any atom is 0.0804 e. The molecule has 2 N–H and O–H groups in total. The average molecular weight is 405 g/mol. The predicted molar refractivity (Wildman–Crippen MR) is 120 cm³/mol. The van der Waals surface area contributed by atoms with Gasteiger partial charge in [0.1, 0.15) is 0 Å². The fraction of sp³-hybridized carbons (Fsp3) is 1.00. The van der Waals surface area contributed by atoms with Crippen LogP contribution in [0.1, 0.15) is 105 Å². The molecule has 0 aromatic carbocycles. The van der Waals surface area contributed by atoms with Crippen molar-refractivity contribution in [1.82, 2.24) is 0 Å². The third kappa shape index (κ3) is 3.73. The Kier molecular flexibility index (Phi) is 6.19. The SMILES string of the molecule is CC(C)CCC[C@@H](C)[C@H]1CC[C@H]2[C@@H]3CC[C@@H]4C[C@@H](O)[C@@H](O)C[C@]4(C)[C@H]3CC[C@]12C. The summed E-state index contributed by atoms with van der Waals surface area (Å²) in [6.45, 7) is 12.4. The van der Waals surface area contributed by atoms with Crippen LogP contribution in [0.4, 0.5) is 0 Å². The monoisotopic (exact) mass is 404 g/mol. The average Bonchev–Trinajstić information content (AvgIpc) is 3.00. The first-order valence-corrected chi connectivity index (χ1v) is 13.0. The van der Waals surface area contributed by atoms with Gasteiger partial charge in [-0.3, -0.25) is 0 Å². The number of aliphatic hydroxyl groups is 2. The van der Waals surface area contributed by atoms with Gasteiger partial charge in [0, 0.05) is 0 Å². The van der Waals surface area contributed by atoms with E-state index in [2.05, 4.69) is 34.6 Å². The zero-order chi connectivity index (χ0) is 21.0. The van der Waals surface area contributed by atoms with Crippen molar-refractivity contribution >= 4 is 0 Å². The molecule has 0 aromatic heterocycles. The summed E-state index contributed by atoms with van der Waals surface area (Å²) in [6, 6.07) is 0. The van der Waals surface area contributed by atoms with Crippen LogP contribution in [-0.2, 0) is 0 Å². The van der Waals surface area contributed by atoms with Crippen LogP contribution in [0.15, 0.2) is 0 Å². The number of aliphatic hydroxyl groups excluding tert-OH is 2. The highest BCUT2D eigenvalue weighted by Crippen LogP contribution is 2.68. The minimum absolute atomic E-state index is 0.254. The van der Waals surface area contributed by atoms with Crippen molar-refractivity contribution in [2.24, 2.45) is 52.3 Å². The minimum Gasteiger partial charge on any atom is -0.390 e. The van der Waals surface area contributed by atoms with E-state index in [4.69, 9.17) is 0 Å². The first-order valence-electron chi connectivity index (χ1n) is 13.0. The smallest absolute Gasteiger partial charge is 0.0804 e. The summed E-state index contributed by atoms with van der Waals surface area (Å²) in [5.41, 5.74) is 0.804. The van der Waals surface area contributed by atoms with E-state index in [1.54, 1.807) is 0 Å². The second-order valence-corrected chi connectivity index (χ2v) is 12.8. The first kappa shape index (κ1) is 22.1. The molecule has 0 bridgehead atoms. The Hall–Kier alpha value is -0.0800. The highest BCUT2D eigenvalue weighted by atomic mass is 16.3. The van der Waals surface area contributed by atoms with Crippen LogP contribution in [0.5, 0.6) is 0 Å². The Morgan fingerprint density at radius 1 is 0.828 bits per heavy atom. The molecule has 4 aliphatic rings. The Bertz CT molecular complexity index is 573. The van der Waals surface area contributed by atoms with E-state index in [9.17, 15) is 10.2 Å². The molecule has 0 heterocycles. The molecule has 2 heteroatoms. The van der Waals surface area contributed by atoms with Gasteiger partial charge in [0.15, 0.2) is 0 Å². The quantitative estimate of drug-likeness (QED) is 0.553. The summed E-state index contributed by atoms with van der Waals surface area (Å²) in [7, 11) is 0. The van der Waals surface area contributed by atoms with Crippen LogP contribution < -0.4 is 0 Å². The van der Waals surface area contributed by atoms with Crippen molar-refractivity contribution in [3.63, 3.8) is 0 Å². The second-order valence-electron chi connectivity index (χ2n) is 12.8. The molecule has 0 radical (unpaired) electrons. The topological polar surface area (TPSA) is 40.5 Å². The zero-order valence-electron chi connectivity index (χ0n) is 19.9. The predicted octanol–water partition coefficient (Wildman–Crippen LogP) is 6.44. The fourth-order valence-electron chi connectivity index (χ4n) is 9.30. The molecule has 0 saturated heterocycles. The lowest BCUT2D eigenvalue weighted by Crippen LogP contribution is -2.56. The molecule has 4 rings (SSSR count). The summed E-state index contributed by atoms with van der Waals surface area (Å²) < 4.78 is 0. The Balaban J connectivity index is 1.47. The van der Waals surface area contributed by atoms with Crippen molar-refractivity contribution in [2.45, 2.75) is 117 Å². The fourth-order valence-corrected chi connectivity index (χ4v) is 9.30.